The number of piperazine rings is 1. The summed E-state index contributed by atoms with van der Waals surface area (Å²) in [4.78, 5) is 18.6. The van der Waals surface area contributed by atoms with Gasteiger partial charge in [-0.25, -0.2) is 4.79 Å². The van der Waals surface area contributed by atoms with Crippen LogP contribution in [0, 0.1) is 6.92 Å². The van der Waals surface area contributed by atoms with Crippen molar-refractivity contribution in [3.05, 3.63) is 29.8 Å². The van der Waals surface area contributed by atoms with E-state index in [9.17, 15) is 4.79 Å². The smallest absolute Gasteiger partial charge is 0.322 e. The Morgan fingerprint density at radius 2 is 1.95 bits per heavy atom. The molecule has 0 aliphatic carbocycles. The maximum atomic E-state index is 12.6. The number of nitrogens with zero attached hydrogens (tertiary/aromatic N) is 3. The lowest BCUT2D eigenvalue weighted by Crippen LogP contribution is -2.52. The second-order valence-electron chi connectivity index (χ2n) is 5.16. The van der Waals surface area contributed by atoms with Gasteiger partial charge in [0, 0.05) is 38.4 Å². The number of rotatable bonds is 2. The highest BCUT2D eigenvalue weighted by atomic mass is 16.2. The summed E-state index contributed by atoms with van der Waals surface area (Å²) in [6.07, 6.45) is 0. The minimum Gasteiger partial charge on any atom is -0.322 e. The summed E-state index contributed by atoms with van der Waals surface area (Å²) in [5.74, 6) is 0. The Labute approximate surface area is 115 Å². The van der Waals surface area contributed by atoms with Gasteiger partial charge in [-0.15, -0.1) is 0 Å². The molecule has 0 saturated carbocycles. The van der Waals surface area contributed by atoms with Gasteiger partial charge in [-0.2, -0.15) is 0 Å². The molecule has 19 heavy (non-hydrogen) atoms. The Hall–Kier alpha value is -1.55. The van der Waals surface area contributed by atoms with Crippen LogP contribution in [0.4, 0.5) is 10.5 Å². The number of anilines is 1. The predicted molar refractivity (Wildman–Crippen MR) is 78.7 cm³/mol. The average molecular weight is 261 g/mol. The van der Waals surface area contributed by atoms with E-state index in [1.54, 1.807) is 0 Å². The molecule has 0 N–H and O–H groups in total. The van der Waals surface area contributed by atoms with Gasteiger partial charge in [0.15, 0.2) is 0 Å². The van der Waals surface area contributed by atoms with Crippen molar-refractivity contribution in [3.63, 3.8) is 0 Å². The van der Waals surface area contributed by atoms with Crippen molar-refractivity contribution in [2.75, 3.05) is 44.7 Å². The second-order valence-corrected chi connectivity index (χ2v) is 5.16. The molecule has 1 aliphatic heterocycles. The molecule has 0 radical (unpaired) electrons. The van der Waals surface area contributed by atoms with Gasteiger partial charge in [-0.3, -0.25) is 4.90 Å². The van der Waals surface area contributed by atoms with Crippen molar-refractivity contribution in [1.82, 2.24) is 9.80 Å². The lowest BCUT2D eigenvalue weighted by molar-refractivity contribution is 0.159. The summed E-state index contributed by atoms with van der Waals surface area (Å²) in [6, 6.07) is 8.26. The Balaban J connectivity index is 2.11. The van der Waals surface area contributed by atoms with E-state index in [0.29, 0.717) is 6.54 Å². The standard InChI is InChI=1S/C15H23N3O/c1-4-18(14-7-5-6-13(2)12-14)15(19)17-10-8-16(3)9-11-17/h5-7,12H,4,8-11H2,1-3H3. The summed E-state index contributed by atoms with van der Waals surface area (Å²) < 4.78 is 0. The minimum atomic E-state index is 0.126. The number of amides is 2. The number of urea groups is 1. The zero-order valence-electron chi connectivity index (χ0n) is 12.1. The van der Waals surface area contributed by atoms with Crippen molar-refractivity contribution in [2.24, 2.45) is 0 Å². The summed E-state index contributed by atoms with van der Waals surface area (Å²) >= 11 is 0. The van der Waals surface area contributed by atoms with Crippen LogP contribution in [0.3, 0.4) is 0 Å². The maximum Gasteiger partial charge on any atom is 0.324 e. The molecule has 4 heteroatoms. The third-order valence-electron chi connectivity index (χ3n) is 3.63. The zero-order valence-corrected chi connectivity index (χ0v) is 12.1. The Bertz CT molecular complexity index is 439. The van der Waals surface area contributed by atoms with Crippen molar-refractivity contribution in [3.8, 4) is 0 Å². The van der Waals surface area contributed by atoms with E-state index in [0.717, 1.165) is 31.9 Å². The highest BCUT2D eigenvalue weighted by Crippen LogP contribution is 2.18. The van der Waals surface area contributed by atoms with Crippen LogP contribution in [0.15, 0.2) is 24.3 Å². The molecule has 4 nitrogen and oxygen atoms in total. The first-order valence-electron chi connectivity index (χ1n) is 6.93. The quantitative estimate of drug-likeness (QED) is 0.816. The van der Waals surface area contributed by atoms with Gasteiger partial charge in [0.05, 0.1) is 0 Å². The summed E-state index contributed by atoms with van der Waals surface area (Å²) in [5, 5.41) is 0. The molecule has 1 aromatic carbocycles. The normalized spacial score (nSPS) is 16.5. The van der Waals surface area contributed by atoms with Gasteiger partial charge < -0.3 is 9.80 Å². The molecule has 0 atom stereocenters. The summed E-state index contributed by atoms with van der Waals surface area (Å²) in [7, 11) is 2.10. The summed E-state index contributed by atoms with van der Waals surface area (Å²) in [5.41, 5.74) is 2.17. The Kier molecular flexibility index (Phi) is 4.43. The fourth-order valence-corrected chi connectivity index (χ4v) is 2.39. The molecule has 0 unspecified atom stereocenters. The molecule has 2 rings (SSSR count). The van der Waals surface area contributed by atoms with Gasteiger partial charge in [0.25, 0.3) is 0 Å². The number of hydrogen-bond donors (Lipinski definition) is 0. The average Bonchev–Trinajstić information content (AvgIpc) is 2.40. The van der Waals surface area contributed by atoms with Gasteiger partial charge in [-0.05, 0) is 38.6 Å². The lowest BCUT2D eigenvalue weighted by atomic mass is 10.2. The van der Waals surface area contributed by atoms with Crippen LogP contribution in [0.25, 0.3) is 0 Å². The highest BCUT2D eigenvalue weighted by Gasteiger charge is 2.24. The molecule has 1 saturated heterocycles. The van der Waals surface area contributed by atoms with Crippen LogP contribution >= 0.6 is 0 Å². The number of aryl methyl sites for hydroxylation is 1. The number of benzene rings is 1. The Morgan fingerprint density at radius 3 is 2.53 bits per heavy atom. The van der Waals surface area contributed by atoms with Crippen LogP contribution < -0.4 is 4.90 Å². The molecule has 1 heterocycles. The number of hydrogen-bond acceptors (Lipinski definition) is 2. The highest BCUT2D eigenvalue weighted by molar-refractivity contribution is 5.92. The van der Waals surface area contributed by atoms with E-state index in [1.807, 2.05) is 28.9 Å². The Morgan fingerprint density at radius 1 is 1.26 bits per heavy atom. The molecular weight excluding hydrogens is 238 g/mol. The number of likely N-dealkylation sites (N-methyl/N-ethyl adjacent to an activating group) is 1. The first-order valence-corrected chi connectivity index (χ1v) is 6.93. The van der Waals surface area contributed by atoms with Crippen molar-refractivity contribution < 1.29 is 4.79 Å². The maximum absolute atomic E-state index is 12.6. The van der Waals surface area contributed by atoms with Crippen LogP contribution in [-0.4, -0.2) is 55.6 Å². The topological polar surface area (TPSA) is 26.8 Å². The summed E-state index contributed by atoms with van der Waals surface area (Å²) in [6.45, 7) is 8.33. The molecule has 2 amide bonds. The second kappa shape index (κ2) is 6.06. The molecule has 104 valence electrons. The fraction of sp³-hybridized carbons (Fsp3) is 0.533. The molecule has 1 fully saturated rings. The van der Waals surface area contributed by atoms with Crippen LogP contribution in [0.2, 0.25) is 0 Å². The third-order valence-corrected chi connectivity index (χ3v) is 3.63. The molecular formula is C15H23N3O. The monoisotopic (exact) mass is 261 g/mol. The van der Waals surface area contributed by atoms with Crippen LogP contribution in [-0.2, 0) is 0 Å². The van der Waals surface area contributed by atoms with E-state index >= 15 is 0 Å². The van der Waals surface area contributed by atoms with E-state index in [-0.39, 0.29) is 6.03 Å². The number of carbonyl (C=O) groups excluding carboxylic acids is 1. The molecule has 0 aromatic heterocycles. The van der Waals surface area contributed by atoms with E-state index < -0.39 is 0 Å². The first kappa shape index (κ1) is 13.9. The largest absolute Gasteiger partial charge is 0.324 e. The third kappa shape index (κ3) is 3.26. The predicted octanol–water partition coefficient (Wildman–Crippen LogP) is 2.19. The lowest BCUT2D eigenvalue weighted by Gasteiger charge is -2.36. The zero-order chi connectivity index (χ0) is 13.8. The van der Waals surface area contributed by atoms with E-state index in [4.69, 9.17) is 0 Å². The SMILES string of the molecule is CCN(C(=O)N1CCN(C)CC1)c1cccc(C)c1. The van der Waals surface area contributed by atoms with Gasteiger partial charge in [0.1, 0.15) is 0 Å². The molecule has 0 bridgehead atoms. The molecule has 1 aliphatic rings. The number of carbonyl (C=O) groups is 1. The van der Waals surface area contributed by atoms with E-state index in [1.165, 1.54) is 5.56 Å². The van der Waals surface area contributed by atoms with Gasteiger partial charge in [0.2, 0.25) is 0 Å². The van der Waals surface area contributed by atoms with Crippen LogP contribution in [0.5, 0.6) is 0 Å². The van der Waals surface area contributed by atoms with Crippen LogP contribution in [0.1, 0.15) is 12.5 Å². The molecule has 0 spiro atoms. The van der Waals surface area contributed by atoms with Gasteiger partial charge >= 0.3 is 6.03 Å². The minimum absolute atomic E-state index is 0.126. The van der Waals surface area contributed by atoms with Crippen molar-refractivity contribution >= 4 is 11.7 Å². The van der Waals surface area contributed by atoms with Crippen molar-refractivity contribution in [1.29, 1.82) is 0 Å². The van der Waals surface area contributed by atoms with Gasteiger partial charge in [-0.1, -0.05) is 12.1 Å². The van der Waals surface area contributed by atoms with E-state index in [2.05, 4.69) is 31.0 Å². The fourth-order valence-electron chi connectivity index (χ4n) is 2.39. The molecule has 1 aromatic rings. The van der Waals surface area contributed by atoms with Crippen molar-refractivity contribution in [2.45, 2.75) is 13.8 Å². The first-order chi connectivity index (χ1) is 9.11.